The van der Waals surface area contributed by atoms with Crippen molar-refractivity contribution in [2.75, 3.05) is 19.4 Å². The first-order valence-corrected chi connectivity index (χ1v) is 6.62. The Bertz CT molecular complexity index is 403. The van der Waals surface area contributed by atoms with Crippen LogP contribution in [0, 0.1) is 0 Å². The van der Waals surface area contributed by atoms with Crippen LogP contribution in [-0.4, -0.2) is 41.0 Å². The molecule has 0 aromatic carbocycles. The molecule has 0 bridgehead atoms. The van der Waals surface area contributed by atoms with E-state index in [1.165, 1.54) is 12.8 Å². The molecule has 1 aliphatic carbocycles. The Hall–Kier alpha value is -1.16. The minimum absolute atomic E-state index is 0.0746. The van der Waals surface area contributed by atoms with Gasteiger partial charge in [0, 0.05) is 23.6 Å². The van der Waals surface area contributed by atoms with Crippen LogP contribution in [0.5, 0.6) is 0 Å². The molecular weight excluding hydrogens is 224 g/mol. The topological polar surface area (TPSA) is 41.0 Å². The molecule has 1 saturated carbocycles. The SMILES string of the molecule is CN(C)[C@H]1C[C@H](Nc2cc(C(C)(C)C)ncn2)C1. The Morgan fingerprint density at radius 3 is 2.44 bits per heavy atom. The zero-order valence-electron chi connectivity index (χ0n) is 12.1. The summed E-state index contributed by atoms with van der Waals surface area (Å²) in [5.74, 6) is 0.956. The summed E-state index contributed by atoms with van der Waals surface area (Å²) >= 11 is 0. The van der Waals surface area contributed by atoms with E-state index < -0.39 is 0 Å². The highest BCUT2D eigenvalue weighted by Crippen LogP contribution is 2.27. The molecule has 1 heterocycles. The van der Waals surface area contributed by atoms with E-state index in [1.807, 2.05) is 0 Å². The van der Waals surface area contributed by atoms with Gasteiger partial charge in [-0.25, -0.2) is 9.97 Å². The number of hydrogen-bond acceptors (Lipinski definition) is 4. The average molecular weight is 248 g/mol. The lowest BCUT2D eigenvalue weighted by atomic mass is 9.86. The van der Waals surface area contributed by atoms with E-state index in [2.05, 4.69) is 61.1 Å². The summed E-state index contributed by atoms with van der Waals surface area (Å²) in [5, 5.41) is 3.50. The maximum atomic E-state index is 4.35. The van der Waals surface area contributed by atoms with Gasteiger partial charge < -0.3 is 10.2 Å². The summed E-state index contributed by atoms with van der Waals surface area (Å²) in [4.78, 5) is 10.9. The largest absolute Gasteiger partial charge is 0.367 e. The van der Waals surface area contributed by atoms with Gasteiger partial charge in [0.1, 0.15) is 12.1 Å². The molecule has 1 aliphatic rings. The molecule has 4 heteroatoms. The molecule has 100 valence electrons. The van der Waals surface area contributed by atoms with E-state index in [-0.39, 0.29) is 5.41 Å². The van der Waals surface area contributed by atoms with Gasteiger partial charge >= 0.3 is 0 Å². The monoisotopic (exact) mass is 248 g/mol. The van der Waals surface area contributed by atoms with Crippen LogP contribution in [0.4, 0.5) is 5.82 Å². The third kappa shape index (κ3) is 2.99. The van der Waals surface area contributed by atoms with Crippen LogP contribution in [0.3, 0.4) is 0 Å². The van der Waals surface area contributed by atoms with Gasteiger partial charge in [0.2, 0.25) is 0 Å². The van der Waals surface area contributed by atoms with Crippen LogP contribution in [0.2, 0.25) is 0 Å². The Kier molecular flexibility index (Phi) is 3.57. The average Bonchev–Trinajstić information content (AvgIpc) is 2.21. The van der Waals surface area contributed by atoms with Crippen molar-refractivity contribution in [2.24, 2.45) is 0 Å². The first kappa shape index (κ1) is 13.3. The minimum atomic E-state index is 0.0746. The Labute approximate surface area is 110 Å². The van der Waals surface area contributed by atoms with Crippen LogP contribution >= 0.6 is 0 Å². The fourth-order valence-corrected chi connectivity index (χ4v) is 2.18. The zero-order valence-corrected chi connectivity index (χ0v) is 12.1. The van der Waals surface area contributed by atoms with Crippen molar-refractivity contribution < 1.29 is 0 Å². The lowest BCUT2D eigenvalue weighted by molar-refractivity contribution is 0.177. The first-order valence-electron chi connectivity index (χ1n) is 6.62. The van der Waals surface area contributed by atoms with Crippen molar-refractivity contribution in [3.05, 3.63) is 18.1 Å². The highest BCUT2D eigenvalue weighted by Gasteiger charge is 2.30. The van der Waals surface area contributed by atoms with Gasteiger partial charge in [-0.3, -0.25) is 0 Å². The first-order chi connectivity index (χ1) is 8.36. The van der Waals surface area contributed by atoms with Gasteiger partial charge in [0.15, 0.2) is 0 Å². The highest BCUT2D eigenvalue weighted by molar-refractivity contribution is 5.38. The van der Waals surface area contributed by atoms with Gasteiger partial charge in [-0.05, 0) is 26.9 Å². The van der Waals surface area contributed by atoms with E-state index >= 15 is 0 Å². The molecule has 0 radical (unpaired) electrons. The number of nitrogens with one attached hydrogen (secondary N) is 1. The molecule has 1 N–H and O–H groups in total. The predicted octanol–water partition coefficient (Wildman–Crippen LogP) is 2.28. The van der Waals surface area contributed by atoms with Crippen LogP contribution in [0.15, 0.2) is 12.4 Å². The standard InChI is InChI=1S/C14H24N4/c1-14(2,3)12-8-13(16-9-15-12)17-10-6-11(7-10)18(4)5/h8-11H,6-7H2,1-5H3,(H,15,16,17)/t10-,11-. The molecule has 0 amide bonds. The predicted molar refractivity (Wildman–Crippen MR) is 74.9 cm³/mol. The number of aromatic nitrogens is 2. The zero-order chi connectivity index (χ0) is 13.3. The van der Waals surface area contributed by atoms with Crippen LogP contribution in [0.1, 0.15) is 39.3 Å². The third-order valence-corrected chi connectivity index (χ3v) is 3.63. The second kappa shape index (κ2) is 4.84. The molecule has 0 aliphatic heterocycles. The normalized spacial score (nSPS) is 23.9. The lowest BCUT2D eigenvalue weighted by Gasteiger charge is -2.40. The van der Waals surface area contributed by atoms with E-state index in [9.17, 15) is 0 Å². The minimum Gasteiger partial charge on any atom is -0.367 e. The van der Waals surface area contributed by atoms with Gasteiger partial charge in [-0.1, -0.05) is 20.8 Å². The number of rotatable bonds is 3. The van der Waals surface area contributed by atoms with E-state index in [0.29, 0.717) is 12.1 Å². The van der Waals surface area contributed by atoms with Crippen LogP contribution in [-0.2, 0) is 5.41 Å². The molecule has 1 aromatic rings. The second-order valence-corrected chi connectivity index (χ2v) is 6.47. The smallest absolute Gasteiger partial charge is 0.129 e. The lowest BCUT2D eigenvalue weighted by Crippen LogP contribution is -2.47. The second-order valence-electron chi connectivity index (χ2n) is 6.47. The van der Waals surface area contributed by atoms with Gasteiger partial charge in [0.05, 0.1) is 5.69 Å². The van der Waals surface area contributed by atoms with Crippen LogP contribution in [0.25, 0.3) is 0 Å². The fourth-order valence-electron chi connectivity index (χ4n) is 2.18. The van der Waals surface area contributed by atoms with E-state index in [0.717, 1.165) is 11.5 Å². The highest BCUT2D eigenvalue weighted by atomic mass is 15.1. The summed E-state index contributed by atoms with van der Waals surface area (Å²) in [5.41, 5.74) is 1.16. The van der Waals surface area contributed by atoms with Crippen LogP contribution < -0.4 is 5.32 Å². The Morgan fingerprint density at radius 1 is 1.22 bits per heavy atom. The summed E-state index contributed by atoms with van der Waals surface area (Å²) in [6.07, 6.45) is 4.05. The van der Waals surface area contributed by atoms with E-state index in [4.69, 9.17) is 0 Å². The Balaban J connectivity index is 1.95. The van der Waals surface area contributed by atoms with Gasteiger partial charge in [-0.15, -0.1) is 0 Å². The molecule has 1 fully saturated rings. The summed E-state index contributed by atoms with van der Waals surface area (Å²) in [6.45, 7) is 6.51. The van der Waals surface area contributed by atoms with Crippen molar-refractivity contribution in [1.29, 1.82) is 0 Å². The number of anilines is 1. The molecule has 0 spiro atoms. The fraction of sp³-hybridized carbons (Fsp3) is 0.714. The molecule has 0 saturated heterocycles. The number of hydrogen-bond donors (Lipinski definition) is 1. The molecule has 18 heavy (non-hydrogen) atoms. The molecule has 0 unspecified atom stereocenters. The maximum Gasteiger partial charge on any atom is 0.129 e. The third-order valence-electron chi connectivity index (χ3n) is 3.63. The van der Waals surface area contributed by atoms with Gasteiger partial charge in [-0.2, -0.15) is 0 Å². The summed E-state index contributed by atoms with van der Waals surface area (Å²) in [6, 6.07) is 3.34. The van der Waals surface area contributed by atoms with E-state index in [1.54, 1.807) is 6.33 Å². The van der Waals surface area contributed by atoms with Crippen molar-refractivity contribution in [2.45, 2.75) is 51.1 Å². The molecular formula is C14H24N4. The van der Waals surface area contributed by atoms with Crippen molar-refractivity contribution in [3.63, 3.8) is 0 Å². The molecule has 1 aromatic heterocycles. The maximum absolute atomic E-state index is 4.35. The van der Waals surface area contributed by atoms with Crippen molar-refractivity contribution in [1.82, 2.24) is 14.9 Å². The molecule has 2 rings (SSSR count). The quantitative estimate of drug-likeness (QED) is 0.891. The Morgan fingerprint density at radius 2 is 1.89 bits per heavy atom. The number of nitrogens with zero attached hydrogens (tertiary/aromatic N) is 3. The summed E-state index contributed by atoms with van der Waals surface area (Å²) in [7, 11) is 4.28. The van der Waals surface area contributed by atoms with Gasteiger partial charge in [0.25, 0.3) is 0 Å². The van der Waals surface area contributed by atoms with Crippen molar-refractivity contribution in [3.8, 4) is 0 Å². The van der Waals surface area contributed by atoms with Crippen molar-refractivity contribution >= 4 is 5.82 Å². The molecule has 4 nitrogen and oxygen atoms in total. The molecule has 0 atom stereocenters. The summed E-state index contributed by atoms with van der Waals surface area (Å²) < 4.78 is 0.